The number of nitrogens with two attached hydrogens (primary N) is 1. The first-order chi connectivity index (χ1) is 12.7. The number of nitrogens with one attached hydrogen (secondary N) is 1. The second-order valence-corrected chi connectivity index (χ2v) is 8.06. The molecule has 8 heteroatoms. The number of aromatic nitrogens is 1. The lowest BCUT2D eigenvalue weighted by Gasteiger charge is -2.14. The minimum absolute atomic E-state index is 0.0910. The van der Waals surface area contributed by atoms with Gasteiger partial charge < -0.3 is 11.1 Å². The van der Waals surface area contributed by atoms with Crippen LogP contribution in [0.3, 0.4) is 0 Å². The number of Topliss-reactive ketones (excluding diaryl/α,β-unsaturated/α-hetero) is 1. The van der Waals surface area contributed by atoms with Crippen LogP contribution in [-0.4, -0.2) is 16.7 Å². The Labute approximate surface area is 170 Å². The van der Waals surface area contributed by atoms with Crippen molar-refractivity contribution < 1.29 is 9.59 Å². The lowest BCUT2D eigenvalue weighted by molar-refractivity contribution is 0.0944. The second kappa shape index (κ2) is 7.46. The normalized spacial score (nSPS) is 12.2. The Bertz CT molecular complexity index is 1080. The summed E-state index contributed by atoms with van der Waals surface area (Å²) in [5.41, 5.74) is 8.45. The minimum atomic E-state index is -0.309. The number of carbonyl (C=O) groups is 2. The molecule has 0 aliphatic carbocycles. The molecule has 1 aromatic carbocycles. The number of aryl methyl sites for hydroxylation is 1. The van der Waals surface area contributed by atoms with Crippen LogP contribution in [0.5, 0.6) is 0 Å². The van der Waals surface area contributed by atoms with Gasteiger partial charge in [0.1, 0.15) is 9.71 Å². The molecule has 1 atom stereocenters. The number of ketones is 1. The quantitative estimate of drug-likeness (QED) is 0.567. The lowest BCUT2D eigenvalue weighted by atomic mass is 10.1. The fourth-order valence-electron chi connectivity index (χ4n) is 2.78. The molecule has 0 bridgehead atoms. The summed E-state index contributed by atoms with van der Waals surface area (Å²) >= 11 is 13.2. The van der Waals surface area contributed by atoms with Crippen LogP contribution < -0.4 is 11.1 Å². The van der Waals surface area contributed by atoms with E-state index in [0.29, 0.717) is 42.1 Å². The van der Waals surface area contributed by atoms with Crippen molar-refractivity contribution in [3.05, 3.63) is 56.0 Å². The van der Waals surface area contributed by atoms with Gasteiger partial charge in [-0.05, 0) is 44.5 Å². The van der Waals surface area contributed by atoms with Crippen LogP contribution in [0.4, 0.5) is 5.69 Å². The summed E-state index contributed by atoms with van der Waals surface area (Å²) in [6.45, 7) is 5.08. The molecule has 3 aromatic rings. The minimum Gasteiger partial charge on any atom is -0.397 e. The predicted molar refractivity (Wildman–Crippen MR) is 111 cm³/mol. The van der Waals surface area contributed by atoms with Gasteiger partial charge in [-0.2, -0.15) is 0 Å². The molecule has 27 heavy (non-hydrogen) atoms. The molecule has 0 aliphatic rings. The zero-order chi connectivity index (χ0) is 19.9. The highest BCUT2D eigenvalue weighted by Crippen LogP contribution is 2.34. The number of rotatable bonds is 4. The van der Waals surface area contributed by atoms with E-state index in [1.54, 1.807) is 31.2 Å². The number of thiophene rings is 1. The summed E-state index contributed by atoms with van der Waals surface area (Å²) in [7, 11) is 0. The van der Waals surface area contributed by atoms with Gasteiger partial charge >= 0.3 is 0 Å². The molecule has 0 spiro atoms. The van der Waals surface area contributed by atoms with Crippen LogP contribution in [0.25, 0.3) is 10.2 Å². The number of nitrogen functional groups attached to an aromatic ring is 1. The van der Waals surface area contributed by atoms with Crippen LogP contribution in [0, 0.1) is 6.92 Å². The summed E-state index contributed by atoms with van der Waals surface area (Å²) in [5, 5.41) is 4.40. The molecule has 5 nitrogen and oxygen atoms in total. The number of anilines is 1. The van der Waals surface area contributed by atoms with Crippen molar-refractivity contribution in [2.75, 3.05) is 5.73 Å². The van der Waals surface area contributed by atoms with Crippen LogP contribution >= 0.6 is 34.5 Å². The van der Waals surface area contributed by atoms with Crippen LogP contribution in [-0.2, 0) is 0 Å². The summed E-state index contributed by atoms with van der Waals surface area (Å²) in [4.78, 5) is 29.9. The first-order valence-corrected chi connectivity index (χ1v) is 9.72. The van der Waals surface area contributed by atoms with Crippen molar-refractivity contribution in [1.82, 2.24) is 10.3 Å². The smallest absolute Gasteiger partial charge is 0.264 e. The Morgan fingerprint density at radius 2 is 1.93 bits per heavy atom. The molecule has 140 valence electrons. The lowest BCUT2D eigenvalue weighted by Crippen LogP contribution is -2.26. The van der Waals surface area contributed by atoms with E-state index in [1.807, 2.05) is 6.92 Å². The van der Waals surface area contributed by atoms with Crippen molar-refractivity contribution in [1.29, 1.82) is 0 Å². The highest BCUT2D eigenvalue weighted by molar-refractivity contribution is 7.21. The van der Waals surface area contributed by atoms with E-state index in [-0.39, 0.29) is 17.7 Å². The van der Waals surface area contributed by atoms with Gasteiger partial charge in [0.15, 0.2) is 5.78 Å². The maximum absolute atomic E-state index is 12.7. The topological polar surface area (TPSA) is 85.1 Å². The number of halogens is 2. The number of pyridine rings is 1. The summed E-state index contributed by atoms with van der Waals surface area (Å²) < 4.78 is 0. The molecule has 0 radical (unpaired) electrons. The van der Waals surface area contributed by atoms with Crippen LogP contribution in [0.15, 0.2) is 24.3 Å². The first kappa shape index (κ1) is 19.6. The maximum Gasteiger partial charge on any atom is 0.264 e. The van der Waals surface area contributed by atoms with Crippen LogP contribution in [0.2, 0.25) is 10.0 Å². The molecular weight excluding hydrogens is 405 g/mol. The third-order valence-corrected chi connectivity index (χ3v) is 6.14. The SMILES string of the molecule is CC(=O)c1cc2c(N)c(C(=O)N[C@@H](C)c3ccc(Cl)c(Cl)c3)sc2nc1C. The average Bonchev–Trinajstić information content (AvgIpc) is 2.92. The van der Waals surface area contributed by atoms with Crippen molar-refractivity contribution in [3.8, 4) is 0 Å². The number of benzene rings is 1. The van der Waals surface area contributed by atoms with E-state index >= 15 is 0 Å². The van der Waals surface area contributed by atoms with Crippen molar-refractivity contribution in [2.24, 2.45) is 0 Å². The fourth-order valence-corrected chi connectivity index (χ4v) is 4.11. The number of hydrogen-bond donors (Lipinski definition) is 2. The Morgan fingerprint density at radius 3 is 2.56 bits per heavy atom. The molecule has 3 N–H and O–H groups in total. The molecule has 2 aromatic heterocycles. The second-order valence-electron chi connectivity index (χ2n) is 6.24. The zero-order valence-corrected chi connectivity index (χ0v) is 17.2. The highest BCUT2D eigenvalue weighted by atomic mass is 35.5. The van der Waals surface area contributed by atoms with E-state index < -0.39 is 0 Å². The van der Waals surface area contributed by atoms with Gasteiger partial charge in [0.25, 0.3) is 5.91 Å². The molecule has 3 rings (SSSR count). The number of amides is 1. The average molecular weight is 422 g/mol. The highest BCUT2D eigenvalue weighted by Gasteiger charge is 2.21. The summed E-state index contributed by atoms with van der Waals surface area (Å²) in [5.74, 6) is -0.400. The summed E-state index contributed by atoms with van der Waals surface area (Å²) in [6, 6.07) is 6.61. The predicted octanol–water partition coefficient (Wildman–Crippen LogP) is 5.19. The van der Waals surface area contributed by atoms with E-state index in [0.717, 1.165) is 5.56 Å². The fraction of sp³-hybridized carbons (Fsp3) is 0.211. The number of hydrogen-bond acceptors (Lipinski definition) is 5. The van der Waals surface area contributed by atoms with E-state index in [2.05, 4.69) is 10.3 Å². The first-order valence-electron chi connectivity index (χ1n) is 8.15. The van der Waals surface area contributed by atoms with Crippen LogP contribution in [0.1, 0.15) is 51.2 Å². The Morgan fingerprint density at radius 1 is 1.22 bits per heavy atom. The van der Waals surface area contributed by atoms with Crippen molar-refractivity contribution >= 4 is 62.1 Å². The van der Waals surface area contributed by atoms with Gasteiger partial charge in [-0.3, -0.25) is 9.59 Å². The standard InChI is InChI=1S/C19H17Cl2N3O2S/c1-8(11-4-5-14(20)15(21)6-11)23-18(26)17-16(22)13-7-12(10(3)25)9(2)24-19(13)27-17/h4-8H,22H2,1-3H3,(H,23,26)/t8-/m0/s1. The Hall–Kier alpha value is -2.15. The third-order valence-electron chi connectivity index (χ3n) is 4.29. The van der Waals surface area contributed by atoms with Gasteiger partial charge in [0, 0.05) is 16.6 Å². The van der Waals surface area contributed by atoms with E-state index in [4.69, 9.17) is 28.9 Å². The number of fused-ring (bicyclic) bond motifs is 1. The number of nitrogens with zero attached hydrogens (tertiary/aromatic N) is 1. The van der Waals surface area contributed by atoms with E-state index in [1.165, 1.54) is 18.3 Å². The van der Waals surface area contributed by atoms with Gasteiger partial charge in [-0.15, -0.1) is 11.3 Å². The molecule has 0 saturated heterocycles. The van der Waals surface area contributed by atoms with Crippen molar-refractivity contribution in [3.63, 3.8) is 0 Å². The van der Waals surface area contributed by atoms with Gasteiger partial charge in [-0.25, -0.2) is 4.98 Å². The van der Waals surface area contributed by atoms with Gasteiger partial charge in [-0.1, -0.05) is 29.3 Å². The molecular formula is C19H17Cl2N3O2S. The van der Waals surface area contributed by atoms with Crippen molar-refractivity contribution in [2.45, 2.75) is 26.8 Å². The molecule has 2 heterocycles. The molecule has 1 amide bonds. The molecule has 0 unspecified atom stereocenters. The maximum atomic E-state index is 12.7. The zero-order valence-electron chi connectivity index (χ0n) is 14.9. The molecule has 0 saturated carbocycles. The molecule has 0 fully saturated rings. The Balaban J connectivity index is 1.92. The summed E-state index contributed by atoms with van der Waals surface area (Å²) in [6.07, 6.45) is 0. The largest absolute Gasteiger partial charge is 0.397 e. The number of carbonyl (C=O) groups excluding carboxylic acids is 2. The van der Waals surface area contributed by atoms with E-state index in [9.17, 15) is 9.59 Å². The van der Waals surface area contributed by atoms with Gasteiger partial charge in [0.05, 0.1) is 21.8 Å². The molecule has 0 aliphatic heterocycles. The third kappa shape index (κ3) is 3.78. The monoisotopic (exact) mass is 421 g/mol. The van der Waals surface area contributed by atoms with Gasteiger partial charge in [0.2, 0.25) is 0 Å². The Kier molecular flexibility index (Phi) is 5.42.